The van der Waals surface area contributed by atoms with Gasteiger partial charge in [-0.05, 0) is 76.1 Å². The van der Waals surface area contributed by atoms with E-state index in [4.69, 9.17) is 4.98 Å². The van der Waals surface area contributed by atoms with E-state index < -0.39 is 0 Å². The van der Waals surface area contributed by atoms with Gasteiger partial charge in [0.05, 0.1) is 28.1 Å². The van der Waals surface area contributed by atoms with E-state index in [-0.39, 0.29) is 11.9 Å². The molecule has 0 radical (unpaired) electrons. The molecule has 0 saturated heterocycles. The zero-order valence-corrected chi connectivity index (χ0v) is 18.7. The average molecular weight is 420 g/mol. The van der Waals surface area contributed by atoms with Crippen LogP contribution in [0.3, 0.4) is 0 Å². The molecule has 0 aliphatic carbocycles. The number of benzene rings is 1. The number of nitrogens with zero attached hydrogens (tertiary/aromatic N) is 5. The second kappa shape index (κ2) is 7.99. The quantitative estimate of drug-likeness (QED) is 0.444. The van der Waals surface area contributed by atoms with Gasteiger partial charge in [-0.2, -0.15) is 5.10 Å². The Labute approximate surface area is 180 Å². The lowest BCUT2D eigenvalue weighted by molar-refractivity contribution is 0.0972. The number of carbonyl (C=O) groups excluding carboxylic acids is 1. The summed E-state index contributed by atoms with van der Waals surface area (Å²) in [5.41, 5.74) is 5.50. The van der Waals surface area contributed by atoms with Crippen LogP contribution in [0.25, 0.3) is 10.2 Å². The Morgan fingerprint density at radius 2 is 1.90 bits per heavy atom. The van der Waals surface area contributed by atoms with Crippen molar-refractivity contribution in [2.24, 2.45) is 0 Å². The molecule has 0 aliphatic rings. The third-order valence-electron chi connectivity index (χ3n) is 5.08. The normalized spacial score (nSPS) is 11.4. The lowest BCUT2D eigenvalue weighted by Gasteiger charge is -2.21. The molecule has 6 nitrogen and oxygen atoms in total. The van der Waals surface area contributed by atoms with Crippen LogP contribution in [0.15, 0.2) is 42.6 Å². The lowest BCUT2D eigenvalue weighted by atomic mass is 10.1. The summed E-state index contributed by atoms with van der Waals surface area (Å²) in [5.74, 6) is -0.123. The Morgan fingerprint density at radius 3 is 2.60 bits per heavy atom. The molecule has 7 heteroatoms. The number of thiazole rings is 1. The fraction of sp³-hybridized carbons (Fsp3) is 0.304. The van der Waals surface area contributed by atoms with Crippen LogP contribution in [0, 0.1) is 20.8 Å². The van der Waals surface area contributed by atoms with Crippen LogP contribution in [0.2, 0.25) is 0 Å². The van der Waals surface area contributed by atoms with Crippen molar-refractivity contribution >= 4 is 32.6 Å². The van der Waals surface area contributed by atoms with Gasteiger partial charge < -0.3 is 0 Å². The minimum Gasteiger partial charge on any atom is -0.277 e. The number of amides is 1. The number of pyridine rings is 1. The van der Waals surface area contributed by atoms with E-state index in [2.05, 4.69) is 36.1 Å². The molecule has 4 rings (SSSR count). The molecule has 1 amide bonds. The average Bonchev–Trinajstić information content (AvgIpc) is 3.30. The van der Waals surface area contributed by atoms with E-state index >= 15 is 0 Å². The summed E-state index contributed by atoms with van der Waals surface area (Å²) >= 11 is 1.53. The zero-order valence-electron chi connectivity index (χ0n) is 17.9. The van der Waals surface area contributed by atoms with Gasteiger partial charge in [0.1, 0.15) is 5.69 Å². The van der Waals surface area contributed by atoms with Crippen LogP contribution in [0.4, 0.5) is 5.13 Å². The Morgan fingerprint density at radius 1 is 1.13 bits per heavy atom. The molecular formula is C23H25N5OS. The molecular weight excluding hydrogens is 394 g/mol. The summed E-state index contributed by atoms with van der Waals surface area (Å²) in [4.78, 5) is 24.6. The molecule has 0 N–H and O–H groups in total. The maximum absolute atomic E-state index is 13.7. The fourth-order valence-electron chi connectivity index (χ4n) is 3.37. The number of aryl methyl sites for hydroxylation is 3. The van der Waals surface area contributed by atoms with Gasteiger partial charge in [-0.25, -0.2) is 4.98 Å². The van der Waals surface area contributed by atoms with E-state index in [1.54, 1.807) is 15.8 Å². The highest BCUT2D eigenvalue weighted by Crippen LogP contribution is 2.32. The first-order chi connectivity index (χ1) is 14.3. The first-order valence-corrected chi connectivity index (χ1v) is 10.8. The van der Waals surface area contributed by atoms with E-state index in [1.165, 1.54) is 22.5 Å². The smallest absolute Gasteiger partial charge is 0.277 e. The van der Waals surface area contributed by atoms with Crippen LogP contribution in [0.5, 0.6) is 0 Å². The minimum absolute atomic E-state index is 0.0787. The third kappa shape index (κ3) is 3.85. The number of fused-ring (bicyclic) bond motifs is 1. The topological polar surface area (TPSA) is 63.9 Å². The Bertz CT molecular complexity index is 1170. The minimum atomic E-state index is -0.123. The van der Waals surface area contributed by atoms with Crippen molar-refractivity contribution in [3.8, 4) is 0 Å². The summed E-state index contributed by atoms with van der Waals surface area (Å²) in [6.07, 6.45) is 1.74. The molecule has 4 aromatic rings. The van der Waals surface area contributed by atoms with Crippen LogP contribution >= 0.6 is 11.3 Å². The van der Waals surface area contributed by atoms with E-state index in [1.807, 2.05) is 45.0 Å². The highest BCUT2D eigenvalue weighted by atomic mass is 32.1. The summed E-state index contributed by atoms with van der Waals surface area (Å²) in [5, 5.41) is 5.18. The van der Waals surface area contributed by atoms with E-state index in [0.29, 0.717) is 17.4 Å². The molecule has 1 aromatic carbocycles. The maximum atomic E-state index is 13.7. The van der Waals surface area contributed by atoms with E-state index in [0.717, 1.165) is 21.6 Å². The Kier molecular flexibility index (Phi) is 5.39. The number of anilines is 1. The predicted octanol–water partition coefficient (Wildman–Crippen LogP) is 5.24. The highest BCUT2D eigenvalue weighted by molar-refractivity contribution is 7.22. The van der Waals surface area contributed by atoms with Crippen molar-refractivity contribution < 1.29 is 4.79 Å². The van der Waals surface area contributed by atoms with Gasteiger partial charge in [-0.15, -0.1) is 0 Å². The number of carbonyl (C=O) groups is 1. The van der Waals surface area contributed by atoms with Gasteiger partial charge in [-0.3, -0.25) is 19.4 Å². The zero-order chi connectivity index (χ0) is 21.4. The SMILES string of the molecule is Cc1cc(C(=O)N(Cc2ccccn2)c2nc3cc(C)c(C)cc3s2)n(C(C)C)n1. The first-order valence-electron chi connectivity index (χ1n) is 9.99. The van der Waals surface area contributed by atoms with Crippen molar-refractivity contribution in [1.82, 2.24) is 19.7 Å². The second-order valence-electron chi connectivity index (χ2n) is 7.82. The molecule has 3 aromatic heterocycles. The summed E-state index contributed by atoms with van der Waals surface area (Å²) < 4.78 is 2.85. The van der Waals surface area contributed by atoms with Gasteiger partial charge in [0.2, 0.25) is 0 Å². The fourth-order valence-corrected chi connectivity index (χ4v) is 4.41. The third-order valence-corrected chi connectivity index (χ3v) is 6.12. The molecule has 154 valence electrons. The molecule has 0 saturated carbocycles. The van der Waals surface area contributed by atoms with Gasteiger partial charge in [0.15, 0.2) is 5.13 Å². The van der Waals surface area contributed by atoms with Crippen LogP contribution in [-0.2, 0) is 6.54 Å². The van der Waals surface area contributed by atoms with Gasteiger partial charge in [0.25, 0.3) is 5.91 Å². The molecule has 0 atom stereocenters. The number of rotatable bonds is 5. The number of hydrogen-bond acceptors (Lipinski definition) is 5. The van der Waals surface area contributed by atoms with Gasteiger partial charge in [-0.1, -0.05) is 17.4 Å². The molecule has 0 spiro atoms. The maximum Gasteiger partial charge on any atom is 0.278 e. The second-order valence-corrected chi connectivity index (χ2v) is 8.83. The van der Waals surface area contributed by atoms with Crippen LogP contribution < -0.4 is 4.90 Å². The lowest BCUT2D eigenvalue weighted by Crippen LogP contribution is -2.32. The molecule has 30 heavy (non-hydrogen) atoms. The predicted molar refractivity (Wildman–Crippen MR) is 121 cm³/mol. The Balaban J connectivity index is 1.82. The first kappa shape index (κ1) is 20.2. The highest BCUT2D eigenvalue weighted by Gasteiger charge is 2.26. The largest absolute Gasteiger partial charge is 0.278 e. The van der Waals surface area contributed by atoms with Crippen molar-refractivity contribution in [2.45, 2.75) is 47.2 Å². The summed E-state index contributed by atoms with van der Waals surface area (Å²) in [6.45, 7) is 10.5. The summed E-state index contributed by atoms with van der Waals surface area (Å²) in [6, 6.07) is 11.9. The van der Waals surface area contributed by atoms with Gasteiger partial charge >= 0.3 is 0 Å². The molecule has 3 heterocycles. The van der Waals surface area contributed by atoms with E-state index in [9.17, 15) is 4.79 Å². The van der Waals surface area contributed by atoms with Crippen molar-refractivity contribution in [2.75, 3.05) is 4.90 Å². The molecule has 0 unspecified atom stereocenters. The van der Waals surface area contributed by atoms with Crippen molar-refractivity contribution in [3.05, 3.63) is 70.8 Å². The Hall–Kier alpha value is -3.06. The van der Waals surface area contributed by atoms with Crippen molar-refractivity contribution in [1.29, 1.82) is 0 Å². The monoisotopic (exact) mass is 419 g/mol. The molecule has 0 bridgehead atoms. The number of aromatic nitrogens is 4. The van der Waals surface area contributed by atoms with Crippen molar-refractivity contribution in [3.63, 3.8) is 0 Å². The molecule has 0 fully saturated rings. The number of hydrogen-bond donors (Lipinski definition) is 0. The van der Waals surface area contributed by atoms with Crippen LogP contribution in [0.1, 0.15) is 52.9 Å². The van der Waals surface area contributed by atoms with Crippen LogP contribution in [-0.4, -0.2) is 25.7 Å². The molecule has 0 aliphatic heterocycles. The standard InChI is InChI=1S/C23H25N5OS/c1-14(2)28-20(12-17(5)26-28)22(29)27(13-18-8-6-7-9-24-18)23-25-19-10-15(3)16(4)11-21(19)30-23/h6-12,14H,13H2,1-5H3. The van der Waals surface area contributed by atoms with Gasteiger partial charge in [0, 0.05) is 12.2 Å². The summed E-state index contributed by atoms with van der Waals surface area (Å²) in [7, 11) is 0.